The largest absolute Gasteiger partial charge is 0.480 e. The van der Waals surface area contributed by atoms with E-state index in [1.807, 2.05) is 11.8 Å². The van der Waals surface area contributed by atoms with Crippen LogP contribution < -0.4 is 0 Å². The van der Waals surface area contributed by atoms with Gasteiger partial charge in [0, 0.05) is 5.75 Å². The van der Waals surface area contributed by atoms with Gasteiger partial charge in [-0.3, -0.25) is 4.79 Å². The Morgan fingerprint density at radius 2 is 0.674 bits per heavy atom. The molecule has 0 aliphatic carbocycles. The monoisotopic (exact) mass is 643 g/mol. The first kappa shape index (κ1) is 43.2. The summed E-state index contributed by atoms with van der Waals surface area (Å²) in [5, 5.41) is 9.40. The number of hydrogen-bond acceptors (Lipinski definition) is 3. The molecule has 2 nitrogen and oxygen atoms in total. The second-order valence-electron chi connectivity index (χ2n) is 13.4. The molecule has 0 aromatic heterocycles. The predicted octanol–water partition coefficient (Wildman–Crippen LogP) is 14.4. The van der Waals surface area contributed by atoms with Crippen molar-refractivity contribution in [1.82, 2.24) is 0 Å². The molecular weight excluding hydrogens is 565 g/mol. The maximum absolute atomic E-state index is 11.7. The van der Waals surface area contributed by atoms with Gasteiger partial charge in [0.2, 0.25) is 0 Å². The summed E-state index contributed by atoms with van der Waals surface area (Å²) >= 11 is 3.55. The summed E-state index contributed by atoms with van der Waals surface area (Å²) in [5.41, 5.74) is 0. The van der Waals surface area contributed by atoms with E-state index in [0.29, 0.717) is 0 Å². The van der Waals surface area contributed by atoms with Crippen molar-refractivity contribution in [1.29, 1.82) is 0 Å². The Labute approximate surface area is 280 Å². The molecule has 4 heteroatoms. The highest BCUT2D eigenvalue weighted by Gasteiger charge is 2.17. The molecule has 0 saturated heterocycles. The molecule has 0 saturated carbocycles. The van der Waals surface area contributed by atoms with Gasteiger partial charge in [0.1, 0.15) is 5.25 Å². The molecule has 0 aliphatic heterocycles. The smallest absolute Gasteiger partial charge is 0.317 e. The number of carboxylic acids is 1. The van der Waals surface area contributed by atoms with Gasteiger partial charge in [-0.25, -0.2) is 0 Å². The van der Waals surface area contributed by atoms with Crippen LogP contribution in [-0.4, -0.2) is 33.6 Å². The Bertz CT molecular complexity index is 527. The van der Waals surface area contributed by atoms with Crippen LogP contribution >= 0.6 is 23.5 Å². The van der Waals surface area contributed by atoms with Gasteiger partial charge >= 0.3 is 5.97 Å². The minimum absolute atomic E-state index is 0.220. The van der Waals surface area contributed by atoms with Crippen molar-refractivity contribution in [2.45, 2.75) is 225 Å². The second-order valence-corrected chi connectivity index (χ2v) is 15.8. The molecule has 0 rings (SSSR count). The van der Waals surface area contributed by atoms with E-state index in [1.54, 1.807) is 11.8 Å². The minimum Gasteiger partial charge on any atom is -0.480 e. The second kappa shape index (κ2) is 38.4. The molecule has 0 heterocycles. The number of thioether (sulfide) groups is 2. The first-order valence-electron chi connectivity index (χ1n) is 19.6. The quantitative estimate of drug-likeness (QED) is 0.0680. The Kier molecular flexibility index (Phi) is 38.5. The van der Waals surface area contributed by atoms with Crippen molar-refractivity contribution < 1.29 is 9.90 Å². The number of unbranched alkanes of at least 4 members (excludes halogenated alkanes) is 30. The highest BCUT2D eigenvalue weighted by Crippen LogP contribution is 2.21. The summed E-state index contributed by atoms with van der Waals surface area (Å²) in [6, 6.07) is 0. The van der Waals surface area contributed by atoms with Crippen LogP contribution in [0.3, 0.4) is 0 Å². The van der Waals surface area contributed by atoms with Crippen molar-refractivity contribution in [2.75, 3.05) is 17.3 Å². The van der Waals surface area contributed by atoms with Gasteiger partial charge in [-0.15, -0.1) is 11.8 Å². The lowest BCUT2D eigenvalue weighted by molar-refractivity contribution is -0.135. The van der Waals surface area contributed by atoms with E-state index in [0.717, 1.165) is 17.3 Å². The van der Waals surface area contributed by atoms with Gasteiger partial charge in [-0.2, -0.15) is 11.8 Å². The third-order valence-corrected chi connectivity index (χ3v) is 11.7. The minimum atomic E-state index is -0.610. The van der Waals surface area contributed by atoms with Gasteiger partial charge in [0.05, 0.1) is 0 Å². The van der Waals surface area contributed by atoms with E-state index in [4.69, 9.17) is 0 Å². The SMILES string of the molecule is CCCCCCCCCCCCCCCCCCSCC(SCCCCCCCCCCCCCCCCCC)C(=O)O. The summed E-state index contributed by atoms with van der Waals surface area (Å²) in [7, 11) is 0. The van der Waals surface area contributed by atoms with Crippen molar-refractivity contribution in [3.05, 3.63) is 0 Å². The molecule has 1 atom stereocenters. The standard InChI is InChI=1S/C39H78O2S2/c1-3-5-7-9-11-13-15-17-19-21-23-25-27-29-31-33-35-42-37-38(39(40)41)43-36-34-32-30-28-26-24-22-20-18-16-14-12-10-8-6-4-2/h38H,3-37H2,1-2H3,(H,40,41). The third kappa shape index (κ3) is 36.5. The van der Waals surface area contributed by atoms with Crippen LogP contribution in [-0.2, 0) is 4.79 Å². The lowest BCUT2D eigenvalue weighted by atomic mass is 10.0. The molecule has 0 aromatic carbocycles. The zero-order chi connectivity index (χ0) is 31.3. The Balaban J connectivity index is 3.36. The lowest BCUT2D eigenvalue weighted by Crippen LogP contribution is -2.20. The van der Waals surface area contributed by atoms with Crippen molar-refractivity contribution in [3.8, 4) is 0 Å². The van der Waals surface area contributed by atoms with E-state index < -0.39 is 5.97 Å². The molecule has 0 aromatic rings. The number of rotatable bonds is 38. The highest BCUT2D eigenvalue weighted by atomic mass is 32.2. The molecule has 0 aliphatic rings. The molecule has 0 bridgehead atoms. The molecule has 1 unspecified atom stereocenters. The fraction of sp³-hybridized carbons (Fsp3) is 0.974. The maximum atomic E-state index is 11.7. The van der Waals surface area contributed by atoms with Crippen molar-refractivity contribution in [2.24, 2.45) is 0 Å². The van der Waals surface area contributed by atoms with E-state index in [-0.39, 0.29) is 5.25 Å². The van der Waals surface area contributed by atoms with Gasteiger partial charge in [0.25, 0.3) is 0 Å². The Morgan fingerprint density at radius 1 is 0.419 bits per heavy atom. The topological polar surface area (TPSA) is 37.3 Å². The summed E-state index contributed by atoms with van der Waals surface area (Å²) in [6.45, 7) is 4.58. The van der Waals surface area contributed by atoms with Gasteiger partial charge in [-0.05, 0) is 24.3 Å². The summed E-state index contributed by atoms with van der Waals surface area (Å²) in [6.07, 6.45) is 44.7. The predicted molar refractivity (Wildman–Crippen MR) is 200 cm³/mol. The average Bonchev–Trinajstić information content (AvgIpc) is 3.00. The Morgan fingerprint density at radius 3 is 0.953 bits per heavy atom. The molecule has 0 amide bonds. The number of hydrogen-bond donors (Lipinski definition) is 1. The van der Waals surface area contributed by atoms with Gasteiger partial charge in [-0.1, -0.05) is 206 Å². The summed E-state index contributed by atoms with van der Waals surface area (Å²) in [5.74, 6) is 2.30. The molecule has 0 radical (unpaired) electrons. The molecule has 258 valence electrons. The summed E-state index contributed by atoms with van der Waals surface area (Å²) in [4.78, 5) is 11.7. The highest BCUT2D eigenvalue weighted by molar-refractivity contribution is 8.03. The number of carbonyl (C=O) groups is 1. The molecule has 43 heavy (non-hydrogen) atoms. The van der Waals surface area contributed by atoms with Crippen molar-refractivity contribution in [3.63, 3.8) is 0 Å². The first-order valence-corrected chi connectivity index (χ1v) is 21.8. The molecule has 0 spiro atoms. The molecule has 0 fully saturated rings. The van der Waals surface area contributed by atoms with Crippen LogP contribution in [0.25, 0.3) is 0 Å². The fourth-order valence-electron chi connectivity index (χ4n) is 6.01. The average molecular weight is 643 g/mol. The molecule has 1 N–H and O–H groups in total. The fourth-order valence-corrected chi connectivity index (χ4v) is 8.41. The van der Waals surface area contributed by atoms with Gasteiger partial charge in [0.15, 0.2) is 0 Å². The van der Waals surface area contributed by atoms with Crippen LogP contribution in [0, 0.1) is 0 Å². The zero-order valence-electron chi connectivity index (χ0n) is 29.5. The lowest BCUT2D eigenvalue weighted by Gasteiger charge is -2.12. The molecular formula is C39H78O2S2. The summed E-state index contributed by atoms with van der Waals surface area (Å²) < 4.78 is 0. The van der Waals surface area contributed by atoms with E-state index >= 15 is 0 Å². The van der Waals surface area contributed by atoms with E-state index in [1.165, 1.54) is 205 Å². The van der Waals surface area contributed by atoms with Crippen LogP contribution in [0.5, 0.6) is 0 Å². The first-order chi connectivity index (χ1) is 21.2. The van der Waals surface area contributed by atoms with Crippen LogP contribution in [0.15, 0.2) is 0 Å². The van der Waals surface area contributed by atoms with Crippen LogP contribution in [0.2, 0.25) is 0 Å². The third-order valence-electron chi connectivity index (χ3n) is 9.00. The number of carboxylic acid groups (broad SMARTS) is 1. The zero-order valence-corrected chi connectivity index (χ0v) is 31.1. The van der Waals surface area contributed by atoms with Crippen LogP contribution in [0.1, 0.15) is 219 Å². The normalized spacial score (nSPS) is 12.2. The van der Waals surface area contributed by atoms with Crippen LogP contribution in [0.4, 0.5) is 0 Å². The maximum Gasteiger partial charge on any atom is 0.317 e. The Hall–Kier alpha value is 0.170. The van der Waals surface area contributed by atoms with E-state index in [2.05, 4.69) is 13.8 Å². The van der Waals surface area contributed by atoms with Gasteiger partial charge < -0.3 is 5.11 Å². The van der Waals surface area contributed by atoms with E-state index in [9.17, 15) is 9.90 Å². The number of aliphatic carboxylic acids is 1. The van der Waals surface area contributed by atoms with Crippen molar-refractivity contribution >= 4 is 29.5 Å².